The summed E-state index contributed by atoms with van der Waals surface area (Å²) < 4.78 is 5.32. The first-order valence-electron chi connectivity index (χ1n) is 11.8. The summed E-state index contributed by atoms with van der Waals surface area (Å²) in [6.07, 6.45) is -0.0760. The van der Waals surface area contributed by atoms with E-state index in [1.165, 1.54) is 4.90 Å². The van der Waals surface area contributed by atoms with Gasteiger partial charge in [-0.05, 0) is 45.2 Å². The number of thiol groups is 1. The topological polar surface area (TPSA) is 87.7 Å². The molecular formula is C27H37N3O4S. The van der Waals surface area contributed by atoms with Crippen molar-refractivity contribution in [3.05, 3.63) is 71.3 Å². The Morgan fingerprint density at radius 3 is 2.20 bits per heavy atom. The van der Waals surface area contributed by atoms with E-state index in [-0.39, 0.29) is 11.7 Å². The molecule has 3 amide bonds. The number of carbonyl (C=O) groups is 3. The summed E-state index contributed by atoms with van der Waals surface area (Å²) in [6, 6.07) is 15.3. The SMILES string of the molecule is CCCN(C(=O)C(CS)NC(=O)OC(C)(C)C)C(C(=O)NCc1ccccc1)c1ccc(C)cc1. The Hall–Kier alpha value is -3.00. The molecule has 2 N–H and O–H groups in total. The van der Waals surface area contributed by atoms with Crippen molar-refractivity contribution < 1.29 is 19.1 Å². The van der Waals surface area contributed by atoms with Gasteiger partial charge < -0.3 is 20.3 Å². The van der Waals surface area contributed by atoms with Crippen LogP contribution in [0.4, 0.5) is 4.79 Å². The second-order valence-electron chi connectivity index (χ2n) is 9.43. The molecule has 2 aromatic carbocycles. The number of ether oxygens (including phenoxy) is 1. The number of amides is 3. The molecule has 0 spiro atoms. The van der Waals surface area contributed by atoms with E-state index in [1.807, 2.05) is 68.4 Å². The second kappa shape index (κ2) is 13.2. The van der Waals surface area contributed by atoms with Crippen molar-refractivity contribution in [2.24, 2.45) is 0 Å². The van der Waals surface area contributed by atoms with E-state index in [4.69, 9.17) is 4.74 Å². The largest absolute Gasteiger partial charge is 0.444 e. The van der Waals surface area contributed by atoms with Crippen LogP contribution in [0.5, 0.6) is 0 Å². The standard InChI is InChI=1S/C27H37N3O4S/c1-6-16-30(25(32)22(18-35)29-26(33)34-27(3,4)5)23(21-14-12-19(2)13-15-21)24(31)28-17-20-10-8-7-9-11-20/h7-15,22-23,35H,6,16-18H2,1-5H3,(H,28,31)(H,29,33). The molecule has 0 saturated carbocycles. The highest BCUT2D eigenvalue weighted by molar-refractivity contribution is 7.80. The van der Waals surface area contributed by atoms with Crippen molar-refractivity contribution in [3.63, 3.8) is 0 Å². The average molecular weight is 500 g/mol. The Balaban J connectivity index is 2.34. The van der Waals surface area contributed by atoms with Gasteiger partial charge in [0.2, 0.25) is 11.8 Å². The van der Waals surface area contributed by atoms with Crippen LogP contribution in [-0.2, 0) is 20.9 Å². The van der Waals surface area contributed by atoms with Gasteiger partial charge in [-0.1, -0.05) is 67.1 Å². The third kappa shape index (κ3) is 8.94. The van der Waals surface area contributed by atoms with Crippen molar-refractivity contribution in [1.29, 1.82) is 0 Å². The minimum absolute atomic E-state index is 0.0601. The molecule has 2 aromatic rings. The maximum atomic E-state index is 13.7. The second-order valence-corrected chi connectivity index (χ2v) is 9.79. The van der Waals surface area contributed by atoms with E-state index >= 15 is 0 Å². The lowest BCUT2D eigenvalue weighted by Gasteiger charge is -2.34. The van der Waals surface area contributed by atoms with Crippen molar-refractivity contribution >= 4 is 30.5 Å². The number of hydrogen-bond donors (Lipinski definition) is 3. The summed E-state index contributed by atoms with van der Waals surface area (Å²) in [6.45, 7) is 9.81. The maximum Gasteiger partial charge on any atom is 0.408 e. The molecule has 2 atom stereocenters. The number of nitrogens with zero attached hydrogens (tertiary/aromatic N) is 1. The molecule has 0 aliphatic heterocycles. The number of alkyl carbamates (subject to hydrolysis) is 1. The van der Waals surface area contributed by atoms with Crippen LogP contribution in [0.15, 0.2) is 54.6 Å². The molecular weight excluding hydrogens is 462 g/mol. The highest BCUT2D eigenvalue weighted by Crippen LogP contribution is 2.24. The van der Waals surface area contributed by atoms with Crippen molar-refractivity contribution in [3.8, 4) is 0 Å². The molecule has 0 fully saturated rings. The van der Waals surface area contributed by atoms with Crippen molar-refractivity contribution in [2.45, 2.75) is 65.3 Å². The fourth-order valence-electron chi connectivity index (χ4n) is 3.55. The predicted molar refractivity (Wildman–Crippen MR) is 141 cm³/mol. The molecule has 0 saturated heterocycles. The number of hydrogen-bond acceptors (Lipinski definition) is 5. The minimum atomic E-state index is -0.949. The smallest absolute Gasteiger partial charge is 0.408 e. The Bertz CT molecular complexity index is 974. The summed E-state index contributed by atoms with van der Waals surface area (Å²) in [5, 5.41) is 5.58. The highest BCUT2D eigenvalue weighted by atomic mass is 32.1. The first-order valence-corrected chi connectivity index (χ1v) is 12.5. The normalized spacial score (nSPS) is 12.9. The number of carbonyl (C=O) groups excluding carboxylic acids is 3. The molecule has 7 nitrogen and oxygen atoms in total. The summed E-state index contributed by atoms with van der Waals surface area (Å²) in [5.41, 5.74) is 1.99. The van der Waals surface area contributed by atoms with Gasteiger partial charge >= 0.3 is 6.09 Å². The lowest BCUT2D eigenvalue weighted by Crippen LogP contribution is -2.54. The van der Waals surface area contributed by atoms with Crippen molar-refractivity contribution in [1.82, 2.24) is 15.5 Å². The van der Waals surface area contributed by atoms with Crippen LogP contribution in [0.1, 0.15) is 56.8 Å². The van der Waals surface area contributed by atoms with Crippen LogP contribution in [0, 0.1) is 6.92 Å². The zero-order valence-corrected chi connectivity index (χ0v) is 22.1. The molecule has 2 rings (SSSR count). The Labute approximate surface area is 214 Å². The third-order valence-corrected chi connectivity index (χ3v) is 5.55. The van der Waals surface area contributed by atoms with Gasteiger partial charge in [0.15, 0.2) is 0 Å². The molecule has 0 aromatic heterocycles. The van der Waals surface area contributed by atoms with Crippen LogP contribution in [0.2, 0.25) is 0 Å². The van der Waals surface area contributed by atoms with E-state index in [0.29, 0.717) is 25.1 Å². The maximum absolute atomic E-state index is 13.7. The van der Waals surface area contributed by atoms with Gasteiger partial charge in [-0.2, -0.15) is 12.6 Å². The lowest BCUT2D eigenvalue weighted by atomic mass is 10.0. The van der Waals surface area contributed by atoms with Crippen LogP contribution >= 0.6 is 12.6 Å². The summed E-state index contributed by atoms with van der Waals surface area (Å²) in [5.74, 6) is -0.632. The Morgan fingerprint density at radius 2 is 1.66 bits per heavy atom. The van der Waals surface area contributed by atoms with E-state index in [2.05, 4.69) is 23.3 Å². The number of aryl methyl sites for hydroxylation is 1. The Morgan fingerprint density at radius 1 is 1.03 bits per heavy atom. The molecule has 2 unspecified atom stereocenters. The zero-order valence-electron chi connectivity index (χ0n) is 21.2. The number of rotatable bonds is 10. The minimum Gasteiger partial charge on any atom is -0.444 e. The monoisotopic (exact) mass is 499 g/mol. The third-order valence-electron chi connectivity index (χ3n) is 5.18. The lowest BCUT2D eigenvalue weighted by molar-refractivity contribution is -0.142. The zero-order chi connectivity index (χ0) is 26.0. The molecule has 190 valence electrons. The van der Waals surface area contributed by atoms with E-state index in [0.717, 1.165) is 11.1 Å². The van der Waals surface area contributed by atoms with Gasteiger partial charge in [-0.25, -0.2) is 4.79 Å². The van der Waals surface area contributed by atoms with Gasteiger partial charge in [0.05, 0.1) is 0 Å². The summed E-state index contributed by atoms with van der Waals surface area (Å²) in [4.78, 5) is 41.0. The van der Waals surface area contributed by atoms with E-state index in [1.54, 1.807) is 20.8 Å². The first-order chi connectivity index (χ1) is 16.6. The molecule has 35 heavy (non-hydrogen) atoms. The van der Waals surface area contributed by atoms with Crippen LogP contribution in [-0.4, -0.2) is 46.7 Å². The molecule has 0 heterocycles. The molecule has 0 aliphatic rings. The molecule has 0 bridgehead atoms. The van der Waals surface area contributed by atoms with Gasteiger partial charge in [0, 0.05) is 18.8 Å². The predicted octanol–water partition coefficient (Wildman–Crippen LogP) is 4.41. The summed E-state index contributed by atoms with van der Waals surface area (Å²) in [7, 11) is 0. The molecule has 0 aliphatic carbocycles. The van der Waals surface area contributed by atoms with Crippen LogP contribution in [0.3, 0.4) is 0 Å². The van der Waals surface area contributed by atoms with Gasteiger partial charge in [-0.3, -0.25) is 9.59 Å². The van der Waals surface area contributed by atoms with Gasteiger partial charge in [0.1, 0.15) is 17.7 Å². The van der Waals surface area contributed by atoms with Gasteiger partial charge in [0.25, 0.3) is 0 Å². The fraction of sp³-hybridized carbons (Fsp3) is 0.444. The van der Waals surface area contributed by atoms with Crippen molar-refractivity contribution in [2.75, 3.05) is 12.3 Å². The van der Waals surface area contributed by atoms with Crippen LogP contribution < -0.4 is 10.6 Å². The molecule has 0 radical (unpaired) electrons. The van der Waals surface area contributed by atoms with E-state index in [9.17, 15) is 14.4 Å². The number of benzene rings is 2. The van der Waals surface area contributed by atoms with Gasteiger partial charge in [-0.15, -0.1) is 0 Å². The fourth-order valence-corrected chi connectivity index (χ4v) is 3.79. The Kier molecular flexibility index (Phi) is 10.6. The number of nitrogens with one attached hydrogen (secondary N) is 2. The summed E-state index contributed by atoms with van der Waals surface area (Å²) >= 11 is 4.30. The quantitative estimate of drug-likeness (QED) is 0.423. The van der Waals surface area contributed by atoms with E-state index < -0.39 is 29.7 Å². The first kappa shape index (κ1) is 28.2. The molecule has 8 heteroatoms. The highest BCUT2D eigenvalue weighted by Gasteiger charge is 2.35. The van der Waals surface area contributed by atoms with Crippen LogP contribution in [0.25, 0.3) is 0 Å². The average Bonchev–Trinajstić information content (AvgIpc) is 2.81.